The highest BCUT2D eigenvalue weighted by molar-refractivity contribution is 5.78. The molecule has 0 saturated heterocycles. The molecule has 18 heavy (non-hydrogen) atoms. The molecule has 106 valence electrons. The van der Waals surface area contributed by atoms with Crippen molar-refractivity contribution in [1.29, 1.82) is 0 Å². The first-order valence-electron chi connectivity index (χ1n) is 7.21. The van der Waals surface area contributed by atoms with Gasteiger partial charge in [-0.05, 0) is 24.8 Å². The van der Waals surface area contributed by atoms with Crippen LogP contribution in [0.1, 0.15) is 40.0 Å². The van der Waals surface area contributed by atoms with Crippen LogP contribution in [0.2, 0.25) is 0 Å². The van der Waals surface area contributed by atoms with Crippen molar-refractivity contribution in [3.63, 3.8) is 0 Å². The van der Waals surface area contributed by atoms with Crippen LogP contribution in [0.25, 0.3) is 0 Å². The molecule has 4 nitrogen and oxygen atoms in total. The van der Waals surface area contributed by atoms with Gasteiger partial charge in [0, 0.05) is 12.6 Å². The van der Waals surface area contributed by atoms with Crippen LogP contribution in [0.15, 0.2) is 0 Å². The van der Waals surface area contributed by atoms with Gasteiger partial charge in [0.25, 0.3) is 0 Å². The van der Waals surface area contributed by atoms with Gasteiger partial charge in [-0.3, -0.25) is 9.69 Å². The lowest BCUT2D eigenvalue weighted by Crippen LogP contribution is -2.47. The van der Waals surface area contributed by atoms with E-state index in [9.17, 15) is 4.79 Å². The van der Waals surface area contributed by atoms with Crippen LogP contribution in [-0.4, -0.2) is 48.2 Å². The maximum Gasteiger partial charge on any atom is 0.234 e. The second-order valence-electron chi connectivity index (χ2n) is 5.53. The summed E-state index contributed by atoms with van der Waals surface area (Å²) < 4.78 is 0. The molecule has 1 fully saturated rings. The smallest absolute Gasteiger partial charge is 0.234 e. The molecule has 0 aromatic carbocycles. The molecule has 3 atom stereocenters. The second kappa shape index (κ2) is 7.74. The molecule has 1 aliphatic carbocycles. The predicted octanol–water partition coefficient (Wildman–Crippen LogP) is 1.24. The first-order valence-corrected chi connectivity index (χ1v) is 7.21. The van der Waals surface area contributed by atoms with Gasteiger partial charge in [0.05, 0.1) is 13.2 Å². The molecule has 2 N–H and O–H groups in total. The SMILES string of the molecule is CCN(CCO)CC(=O)NC1CCCC(C)C1C. The normalized spacial score (nSPS) is 28.4. The van der Waals surface area contributed by atoms with E-state index in [1.165, 1.54) is 12.8 Å². The molecule has 1 saturated carbocycles. The molecule has 4 heteroatoms. The van der Waals surface area contributed by atoms with Gasteiger partial charge in [-0.25, -0.2) is 0 Å². The highest BCUT2D eigenvalue weighted by Gasteiger charge is 2.28. The van der Waals surface area contributed by atoms with Crippen molar-refractivity contribution >= 4 is 5.91 Å². The van der Waals surface area contributed by atoms with Gasteiger partial charge in [0.2, 0.25) is 5.91 Å². The average Bonchev–Trinajstić information content (AvgIpc) is 2.34. The molecule has 1 amide bonds. The Morgan fingerprint density at radius 3 is 2.72 bits per heavy atom. The van der Waals surface area contributed by atoms with Crippen LogP contribution in [0, 0.1) is 11.8 Å². The van der Waals surface area contributed by atoms with Crippen molar-refractivity contribution in [2.75, 3.05) is 26.2 Å². The fourth-order valence-electron chi connectivity index (χ4n) is 2.73. The number of aliphatic hydroxyl groups is 1. The van der Waals surface area contributed by atoms with Gasteiger partial charge < -0.3 is 10.4 Å². The van der Waals surface area contributed by atoms with E-state index >= 15 is 0 Å². The summed E-state index contributed by atoms with van der Waals surface area (Å²) in [5, 5.41) is 12.1. The summed E-state index contributed by atoms with van der Waals surface area (Å²) in [4.78, 5) is 13.9. The lowest BCUT2D eigenvalue weighted by molar-refractivity contribution is -0.123. The number of carbonyl (C=O) groups excluding carboxylic acids is 1. The Bertz CT molecular complexity index is 258. The second-order valence-corrected chi connectivity index (χ2v) is 5.53. The van der Waals surface area contributed by atoms with Crippen molar-refractivity contribution in [2.45, 2.75) is 46.1 Å². The number of nitrogens with one attached hydrogen (secondary N) is 1. The van der Waals surface area contributed by atoms with Gasteiger partial charge in [0.1, 0.15) is 0 Å². The van der Waals surface area contributed by atoms with Gasteiger partial charge in [0.15, 0.2) is 0 Å². The van der Waals surface area contributed by atoms with Crippen molar-refractivity contribution in [1.82, 2.24) is 10.2 Å². The Morgan fingerprint density at radius 2 is 2.11 bits per heavy atom. The molecule has 0 aromatic heterocycles. The van der Waals surface area contributed by atoms with Gasteiger partial charge in [-0.1, -0.05) is 33.6 Å². The Labute approximate surface area is 111 Å². The van der Waals surface area contributed by atoms with E-state index in [0.29, 0.717) is 31.0 Å². The summed E-state index contributed by atoms with van der Waals surface area (Å²) in [6.07, 6.45) is 3.59. The summed E-state index contributed by atoms with van der Waals surface area (Å²) in [7, 11) is 0. The zero-order valence-electron chi connectivity index (χ0n) is 12.0. The molecule has 0 heterocycles. The number of likely N-dealkylation sites (N-methyl/N-ethyl adjacent to an activating group) is 1. The third kappa shape index (κ3) is 4.58. The van der Waals surface area contributed by atoms with Crippen LogP contribution in [-0.2, 0) is 4.79 Å². The molecule has 0 aromatic rings. The van der Waals surface area contributed by atoms with Crippen molar-refractivity contribution in [2.24, 2.45) is 11.8 Å². The number of nitrogens with zero attached hydrogens (tertiary/aromatic N) is 1. The van der Waals surface area contributed by atoms with E-state index in [2.05, 4.69) is 19.2 Å². The summed E-state index contributed by atoms with van der Waals surface area (Å²) >= 11 is 0. The number of hydrogen-bond acceptors (Lipinski definition) is 3. The molecule has 0 radical (unpaired) electrons. The minimum atomic E-state index is 0.0938. The number of amides is 1. The molecule has 0 spiro atoms. The Morgan fingerprint density at radius 1 is 1.39 bits per heavy atom. The fourth-order valence-corrected chi connectivity index (χ4v) is 2.73. The summed E-state index contributed by atoms with van der Waals surface area (Å²) in [5.41, 5.74) is 0. The predicted molar refractivity (Wildman–Crippen MR) is 73.3 cm³/mol. The number of carbonyl (C=O) groups is 1. The molecule has 1 rings (SSSR count). The largest absolute Gasteiger partial charge is 0.395 e. The van der Waals surface area contributed by atoms with E-state index in [1.54, 1.807) is 0 Å². The molecule has 0 aliphatic heterocycles. The van der Waals surface area contributed by atoms with Crippen LogP contribution in [0.5, 0.6) is 0 Å². The van der Waals surface area contributed by atoms with Crippen molar-refractivity contribution in [3.05, 3.63) is 0 Å². The van der Waals surface area contributed by atoms with Crippen molar-refractivity contribution < 1.29 is 9.90 Å². The van der Waals surface area contributed by atoms with E-state index in [-0.39, 0.29) is 12.5 Å². The van der Waals surface area contributed by atoms with Crippen molar-refractivity contribution in [3.8, 4) is 0 Å². The zero-order chi connectivity index (χ0) is 13.5. The van der Waals surface area contributed by atoms with Gasteiger partial charge >= 0.3 is 0 Å². The Hall–Kier alpha value is -0.610. The quantitative estimate of drug-likeness (QED) is 0.752. The minimum absolute atomic E-state index is 0.0938. The van der Waals surface area contributed by atoms with Crippen LogP contribution in [0.4, 0.5) is 0 Å². The summed E-state index contributed by atoms with van der Waals surface area (Å²) in [5.74, 6) is 1.36. The monoisotopic (exact) mass is 256 g/mol. The van der Waals surface area contributed by atoms with Gasteiger partial charge in [-0.2, -0.15) is 0 Å². The van der Waals surface area contributed by atoms with E-state index in [1.807, 2.05) is 11.8 Å². The summed E-state index contributed by atoms with van der Waals surface area (Å²) in [6, 6.07) is 0.328. The van der Waals surface area contributed by atoms with Crippen LogP contribution >= 0.6 is 0 Å². The minimum Gasteiger partial charge on any atom is -0.395 e. The van der Waals surface area contributed by atoms with Gasteiger partial charge in [-0.15, -0.1) is 0 Å². The Balaban J connectivity index is 2.38. The third-order valence-electron chi connectivity index (χ3n) is 4.28. The lowest BCUT2D eigenvalue weighted by atomic mass is 9.78. The maximum atomic E-state index is 12.0. The number of hydrogen-bond donors (Lipinski definition) is 2. The van der Waals surface area contributed by atoms with E-state index in [0.717, 1.165) is 13.0 Å². The molecule has 0 bridgehead atoms. The fraction of sp³-hybridized carbons (Fsp3) is 0.929. The molecular weight excluding hydrogens is 228 g/mol. The van der Waals surface area contributed by atoms with E-state index in [4.69, 9.17) is 5.11 Å². The number of rotatable bonds is 6. The average molecular weight is 256 g/mol. The first-order chi connectivity index (χ1) is 8.58. The summed E-state index contributed by atoms with van der Waals surface area (Å²) in [6.45, 7) is 8.39. The standard InChI is InChI=1S/C14H28N2O2/c1-4-16(8-9-17)10-14(18)15-13-7-5-6-11(2)12(13)3/h11-13,17H,4-10H2,1-3H3,(H,15,18). The highest BCUT2D eigenvalue weighted by atomic mass is 16.3. The topological polar surface area (TPSA) is 52.6 Å². The number of aliphatic hydroxyl groups excluding tert-OH is 1. The third-order valence-corrected chi connectivity index (χ3v) is 4.28. The van der Waals surface area contributed by atoms with E-state index < -0.39 is 0 Å². The zero-order valence-corrected chi connectivity index (χ0v) is 12.0. The van der Waals surface area contributed by atoms with Crippen LogP contribution < -0.4 is 5.32 Å². The van der Waals surface area contributed by atoms with Crippen LogP contribution in [0.3, 0.4) is 0 Å². The molecular formula is C14H28N2O2. The highest BCUT2D eigenvalue weighted by Crippen LogP contribution is 2.29. The first kappa shape index (κ1) is 15.4. The lowest BCUT2D eigenvalue weighted by Gasteiger charge is -2.35. The molecule has 1 aliphatic rings. The molecule has 3 unspecified atom stereocenters. The Kier molecular flexibility index (Phi) is 6.65. The maximum absolute atomic E-state index is 12.0.